The van der Waals surface area contributed by atoms with E-state index in [9.17, 15) is 14.7 Å². The normalized spacial score (nSPS) is 13.3. The predicted octanol–water partition coefficient (Wildman–Crippen LogP) is 4.66. The van der Waals surface area contributed by atoms with Crippen molar-refractivity contribution in [3.8, 4) is 11.1 Å². The van der Waals surface area contributed by atoms with Gasteiger partial charge in [-0.2, -0.15) is 0 Å². The molecule has 1 unspecified atom stereocenters. The first kappa shape index (κ1) is 21.7. The van der Waals surface area contributed by atoms with Crippen molar-refractivity contribution in [3.05, 3.63) is 82.7 Å². The highest BCUT2D eigenvalue weighted by Crippen LogP contribution is 2.44. The number of nitrogens with zero attached hydrogens (tertiary/aromatic N) is 1. The number of carboxylic acids is 1. The largest absolute Gasteiger partial charge is 0.480 e. The van der Waals surface area contributed by atoms with Gasteiger partial charge < -0.3 is 19.7 Å². The summed E-state index contributed by atoms with van der Waals surface area (Å²) in [5, 5.41) is 12.2. The second kappa shape index (κ2) is 8.91. The van der Waals surface area contributed by atoms with Gasteiger partial charge in [-0.05, 0) is 54.7 Å². The number of rotatable bonds is 7. The molecule has 2 N–H and O–H groups in total. The molecule has 0 fully saturated rings. The summed E-state index contributed by atoms with van der Waals surface area (Å²) < 4.78 is 7.65. The summed E-state index contributed by atoms with van der Waals surface area (Å²) >= 11 is 0. The number of nitrogens with one attached hydrogen (secondary N) is 1. The van der Waals surface area contributed by atoms with Crippen molar-refractivity contribution < 1.29 is 19.4 Å². The van der Waals surface area contributed by atoms with Crippen LogP contribution in [0.1, 0.15) is 40.9 Å². The van der Waals surface area contributed by atoms with E-state index >= 15 is 0 Å². The van der Waals surface area contributed by atoms with Crippen LogP contribution in [-0.4, -0.2) is 34.4 Å². The third kappa shape index (κ3) is 4.00. The standard InChI is InChI=1S/C26H28N2O4/c1-4-28-16(2)13-18(17(28)3)14-24(25(29)30)27-26(31)32-15-23-21-11-7-5-9-19(21)20-10-6-8-12-22(20)23/h5-13,23-24H,4,14-15H2,1-3H3,(H,27,31)(H,29,30). The predicted molar refractivity (Wildman–Crippen MR) is 123 cm³/mol. The van der Waals surface area contributed by atoms with Gasteiger partial charge >= 0.3 is 12.1 Å². The summed E-state index contributed by atoms with van der Waals surface area (Å²) in [6.07, 6.45) is -0.511. The minimum atomic E-state index is -1.08. The lowest BCUT2D eigenvalue weighted by Gasteiger charge is -2.17. The van der Waals surface area contributed by atoms with Gasteiger partial charge in [0.05, 0.1) is 0 Å². The molecule has 4 rings (SSSR count). The van der Waals surface area contributed by atoms with E-state index in [1.54, 1.807) is 0 Å². The molecule has 32 heavy (non-hydrogen) atoms. The highest BCUT2D eigenvalue weighted by Gasteiger charge is 2.30. The first-order chi connectivity index (χ1) is 15.4. The summed E-state index contributed by atoms with van der Waals surface area (Å²) in [7, 11) is 0. The van der Waals surface area contributed by atoms with Crippen molar-refractivity contribution >= 4 is 12.1 Å². The van der Waals surface area contributed by atoms with Gasteiger partial charge in [0.25, 0.3) is 0 Å². The van der Waals surface area contributed by atoms with E-state index in [1.807, 2.05) is 63.2 Å². The van der Waals surface area contributed by atoms with Crippen LogP contribution in [-0.2, 0) is 22.5 Å². The maximum Gasteiger partial charge on any atom is 0.407 e. The third-order valence-electron chi connectivity index (χ3n) is 6.35. The molecule has 1 aliphatic rings. The van der Waals surface area contributed by atoms with E-state index in [-0.39, 0.29) is 18.9 Å². The van der Waals surface area contributed by atoms with Gasteiger partial charge in [-0.15, -0.1) is 0 Å². The number of carboxylic acid groups (broad SMARTS) is 1. The Bertz CT molecular complexity index is 1120. The summed E-state index contributed by atoms with van der Waals surface area (Å²) in [5.41, 5.74) is 7.52. The Morgan fingerprint density at radius 1 is 1.06 bits per heavy atom. The highest BCUT2D eigenvalue weighted by atomic mass is 16.5. The van der Waals surface area contributed by atoms with Gasteiger partial charge in [0.2, 0.25) is 0 Å². The average Bonchev–Trinajstić information content (AvgIpc) is 3.25. The molecule has 166 valence electrons. The number of aliphatic carboxylic acids is 1. The second-order valence-corrected chi connectivity index (χ2v) is 8.21. The van der Waals surface area contributed by atoms with Crippen LogP contribution >= 0.6 is 0 Å². The van der Waals surface area contributed by atoms with Gasteiger partial charge in [-0.3, -0.25) is 0 Å². The zero-order valence-corrected chi connectivity index (χ0v) is 18.6. The Labute approximate surface area is 187 Å². The molecule has 1 heterocycles. The smallest absolute Gasteiger partial charge is 0.407 e. The molecule has 6 heteroatoms. The molecule has 1 aromatic heterocycles. The Morgan fingerprint density at radius 3 is 2.19 bits per heavy atom. The lowest BCUT2D eigenvalue weighted by atomic mass is 9.98. The molecule has 0 aliphatic heterocycles. The number of carbonyl (C=O) groups is 2. The summed E-state index contributed by atoms with van der Waals surface area (Å²) in [5.74, 6) is -1.15. The van der Waals surface area contributed by atoms with E-state index in [2.05, 4.69) is 22.0 Å². The average molecular weight is 433 g/mol. The van der Waals surface area contributed by atoms with Gasteiger partial charge in [0.1, 0.15) is 12.6 Å². The van der Waals surface area contributed by atoms with Crippen LogP contribution in [0.15, 0.2) is 54.6 Å². The molecule has 6 nitrogen and oxygen atoms in total. The monoisotopic (exact) mass is 432 g/mol. The minimum absolute atomic E-state index is 0.0695. The van der Waals surface area contributed by atoms with E-state index in [4.69, 9.17) is 4.74 Å². The molecule has 1 aliphatic carbocycles. The Hall–Kier alpha value is -3.54. The zero-order valence-electron chi connectivity index (χ0n) is 18.6. The number of amides is 1. The SMILES string of the molecule is CCn1c(C)cc(CC(NC(=O)OCC2c3ccccc3-c3ccccc32)C(=O)O)c1C. The van der Waals surface area contributed by atoms with Crippen LogP contribution in [0.2, 0.25) is 0 Å². The molecule has 0 bridgehead atoms. The first-order valence-corrected chi connectivity index (χ1v) is 10.9. The lowest BCUT2D eigenvalue weighted by Crippen LogP contribution is -2.43. The van der Waals surface area contributed by atoms with Crippen LogP contribution in [0.3, 0.4) is 0 Å². The number of aromatic nitrogens is 1. The van der Waals surface area contributed by atoms with Crippen LogP contribution in [0.25, 0.3) is 11.1 Å². The summed E-state index contributed by atoms with van der Waals surface area (Å²) in [6, 6.07) is 17.1. The quantitative estimate of drug-likeness (QED) is 0.569. The third-order valence-corrected chi connectivity index (χ3v) is 6.35. The van der Waals surface area contributed by atoms with Crippen molar-refractivity contribution in [2.45, 2.75) is 45.7 Å². The van der Waals surface area contributed by atoms with Crippen molar-refractivity contribution in [1.82, 2.24) is 9.88 Å². The van der Waals surface area contributed by atoms with Gasteiger partial charge in [-0.25, -0.2) is 9.59 Å². The summed E-state index contributed by atoms with van der Waals surface area (Å²) in [4.78, 5) is 24.4. The number of benzene rings is 2. The summed E-state index contributed by atoms with van der Waals surface area (Å²) in [6.45, 7) is 6.98. The number of hydrogen-bond acceptors (Lipinski definition) is 3. The fraction of sp³-hybridized carbons (Fsp3) is 0.308. The fourth-order valence-electron chi connectivity index (χ4n) is 4.77. The number of alkyl carbamates (subject to hydrolysis) is 1. The maximum atomic E-state index is 12.5. The minimum Gasteiger partial charge on any atom is -0.480 e. The first-order valence-electron chi connectivity index (χ1n) is 10.9. The molecule has 3 aromatic rings. The Balaban J connectivity index is 1.44. The van der Waals surface area contributed by atoms with E-state index < -0.39 is 18.1 Å². The number of hydrogen-bond donors (Lipinski definition) is 2. The lowest BCUT2D eigenvalue weighted by molar-refractivity contribution is -0.139. The van der Waals surface area contributed by atoms with E-state index in [0.29, 0.717) is 0 Å². The van der Waals surface area contributed by atoms with Crippen LogP contribution < -0.4 is 5.32 Å². The number of aryl methyl sites for hydroxylation is 1. The molecule has 0 saturated heterocycles. The molecule has 1 amide bonds. The second-order valence-electron chi connectivity index (χ2n) is 8.21. The highest BCUT2D eigenvalue weighted by molar-refractivity contribution is 5.81. The molecule has 2 aromatic carbocycles. The molecular formula is C26H28N2O4. The van der Waals surface area contributed by atoms with Gasteiger partial charge in [0.15, 0.2) is 0 Å². The van der Waals surface area contributed by atoms with Crippen LogP contribution in [0, 0.1) is 13.8 Å². The Morgan fingerprint density at radius 2 is 1.66 bits per heavy atom. The van der Waals surface area contributed by atoms with E-state index in [0.717, 1.165) is 45.7 Å². The number of fused-ring (bicyclic) bond motifs is 3. The number of carbonyl (C=O) groups excluding carboxylic acids is 1. The van der Waals surface area contributed by atoms with Crippen molar-refractivity contribution in [2.75, 3.05) is 6.61 Å². The van der Waals surface area contributed by atoms with Crippen molar-refractivity contribution in [3.63, 3.8) is 0 Å². The van der Waals surface area contributed by atoms with E-state index in [1.165, 1.54) is 0 Å². The molecule has 0 saturated carbocycles. The Kier molecular flexibility index (Phi) is 6.04. The maximum absolute atomic E-state index is 12.5. The molecule has 0 spiro atoms. The van der Waals surface area contributed by atoms with Crippen LogP contribution in [0.5, 0.6) is 0 Å². The fourth-order valence-corrected chi connectivity index (χ4v) is 4.77. The van der Waals surface area contributed by atoms with Crippen LogP contribution in [0.4, 0.5) is 4.79 Å². The van der Waals surface area contributed by atoms with Crippen molar-refractivity contribution in [1.29, 1.82) is 0 Å². The number of ether oxygens (including phenoxy) is 1. The van der Waals surface area contributed by atoms with Crippen molar-refractivity contribution in [2.24, 2.45) is 0 Å². The zero-order chi connectivity index (χ0) is 22.8. The van der Waals surface area contributed by atoms with Gasteiger partial charge in [-0.1, -0.05) is 48.5 Å². The molecular weight excluding hydrogens is 404 g/mol. The van der Waals surface area contributed by atoms with Gasteiger partial charge in [0, 0.05) is 30.3 Å². The molecule has 0 radical (unpaired) electrons. The molecule has 1 atom stereocenters. The topological polar surface area (TPSA) is 80.6 Å².